The molecule has 0 spiro atoms. The van der Waals surface area contributed by atoms with Gasteiger partial charge in [-0.25, -0.2) is 19.9 Å². The summed E-state index contributed by atoms with van der Waals surface area (Å²) in [6.07, 6.45) is -0.806. The van der Waals surface area contributed by atoms with Crippen LogP contribution in [0.15, 0.2) is 194 Å². The zero-order chi connectivity index (χ0) is 56.7. The van der Waals surface area contributed by atoms with Crippen molar-refractivity contribution in [2.24, 2.45) is 0 Å². The quantitative estimate of drug-likeness (QED) is 0.0765. The molecule has 2 N–H and O–H groups in total. The fourth-order valence-electron chi connectivity index (χ4n) is 11.0. The first-order chi connectivity index (χ1) is 39.8. The summed E-state index contributed by atoms with van der Waals surface area (Å²) in [5.74, 6) is 2.88. The molecule has 12 rings (SSSR count). The fourth-order valence-corrected chi connectivity index (χ4v) is 11.0. The molecule has 15 heteroatoms. The molecule has 0 saturated carbocycles. The summed E-state index contributed by atoms with van der Waals surface area (Å²) in [5.41, 5.74) is 17.8. The minimum absolute atomic E-state index is 0. The summed E-state index contributed by atoms with van der Waals surface area (Å²) in [7, 11) is 0. The van der Waals surface area contributed by atoms with Crippen molar-refractivity contribution in [2.75, 3.05) is 13.1 Å². The van der Waals surface area contributed by atoms with Crippen LogP contribution in [0.4, 0.5) is 0 Å². The number of rotatable bonds is 20. The molecule has 0 atom stereocenters. The maximum absolute atomic E-state index is 13.0. The van der Waals surface area contributed by atoms with Gasteiger partial charge in [0, 0.05) is 79.7 Å². The van der Waals surface area contributed by atoms with Crippen LogP contribution in [-0.4, -0.2) is 83.4 Å². The monoisotopic (exact) mass is 1200 g/mol. The maximum atomic E-state index is 13.0. The zero-order valence-corrected chi connectivity index (χ0v) is 50.1. The van der Waals surface area contributed by atoms with Crippen LogP contribution >= 0.6 is 0 Å². The van der Waals surface area contributed by atoms with Crippen LogP contribution in [-0.2, 0) is 90.7 Å². The van der Waals surface area contributed by atoms with E-state index in [1.165, 1.54) is 44.5 Å². The standard InChI is InChI=1S/C67H66N10O.C2H4O2.2Co/c1-47-21-29-51(30-22-47)37-74-60-17-9-5-13-56(60)68-64(74)43-72(44-65-69-57-14-6-10-18-61(57)75(65)38-52-31-23-48(2)24-32-52)41-55(78)42-73(45-66-70-58-15-7-11-19-62(58)76(66)39-53-33-25-49(3)26-34-53)46-67-71-59-16-8-12-20-63(59)77(67)40-54-35-27-50(4)28-36-54;1-2(3)4;;/h5-36,55,78H,37-46H2,1-4H3;1H3,(H,3,4);;. The van der Waals surface area contributed by atoms with Crippen LogP contribution < -0.4 is 0 Å². The molecule has 0 aliphatic rings. The van der Waals surface area contributed by atoms with E-state index in [1.54, 1.807) is 0 Å². The van der Waals surface area contributed by atoms with Gasteiger partial charge in [0.2, 0.25) is 0 Å². The minimum Gasteiger partial charge on any atom is -0.481 e. The molecule has 0 bridgehead atoms. The van der Waals surface area contributed by atoms with Gasteiger partial charge in [-0.3, -0.25) is 14.6 Å². The Hall–Kier alpha value is -8.00. The number of aromatic nitrogens is 8. The van der Waals surface area contributed by atoms with Crippen LogP contribution in [0.3, 0.4) is 0 Å². The molecular weight excluding hydrogens is 1130 g/mol. The van der Waals surface area contributed by atoms with E-state index in [4.69, 9.17) is 29.8 Å². The van der Waals surface area contributed by atoms with Gasteiger partial charge >= 0.3 is 0 Å². The maximum Gasteiger partial charge on any atom is 0.300 e. The average molecular weight is 1210 g/mol. The Balaban J connectivity index is 0.00000137. The van der Waals surface area contributed by atoms with Gasteiger partial charge in [0.05, 0.1) is 76.4 Å². The van der Waals surface area contributed by atoms with E-state index in [9.17, 15) is 5.11 Å². The Labute approximate surface area is 511 Å². The number of carboxylic acids is 1. The predicted molar refractivity (Wildman–Crippen MR) is 328 cm³/mol. The van der Waals surface area contributed by atoms with Crippen LogP contribution in [0.5, 0.6) is 0 Å². The molecule has 13 nitrogen and oxygen atoms in total. The summed E-state index contributed by atoms with van der Waals surface area (Å²) in [6, 6.07) is 68.7. The first-order valence-corrected chi connectivity index (χ1v) is 28.2. The first-order valence-electron chi connectivity index (χ1n) is 28.2. The van der Waals surface area contributed by atoms with Gasteiger partial charge in [0.1, 0.15) is 23.3 Å². The van der Waals surface area contributed by atoms with Crippen molar-refractivity contribution >= 4 is 50.1 Å². The van der Waals surface area contributed by atoms with Crippen molar-refractivity contribution in [3.63, 3.8) is 0 Å². The molecular formula is C69H70Co2N10O3. The number of benzene rings is 8. The molecule has 0 aliphatic carbocycles. The summed E-state index contributed by atoms with van der Waals surface area (Å²) in [4.78, 5) is 35.1. The largest absolute Gasteiger partial charge is 0.481 e. The van der Waals surface area contributed by atoms with E-state index in [2.05, 4.69) is 250 Å². The number of hydrogen-bond acceptors (Lipinski definition) is 8. The Morgan fingerprint density at radius 3 is 0.798 bits per heavy atom. The van der Waals surface area contributed by atoms with Gasteiger partial charge in [0.25, 0.3) is 5.97 Å². The van der Waals surface area contributed by atoms with Gasteiger partial charge in [-0.2, -0.15) is 0 Å². The van der Waals surface area contributed by atoms with Crippen molar-refractivity contribution in [2.45, 2.75) is 93.1 Å². The third-order valence-corrected chi connectivity index (χ3v) is 15.2. The smallest absolute Gasteiger partial charge is 0.300 e. The number of para-hydroxylation sites is 8. The van der Waals surface area contributed by atoms with Crippen LogP contribution in [0.2, 0.25) is 0 Å². The van der Waals surface area contributed by atoms with Crippen molar-refractivity contribution < 1.29 is 48.6 Å². The van der Waals surface area contributed by atoms with E-state index in [0.717, 1.165) is 74.4 Å². The minimum atomic E-state index is -0.833. The van der Waals surface area contributed by atoms with Crippen molar-refractivity contribution in [1.82, 2.24) is 48.0 Å². The number of carbonyl (C=O) groups is 1. The molecule has 0 fully saturated rings. The molecule has 12 aromatic rings. The molecule has 8 aromatic carbocycles. The molecule has 0 amide bonds. The van der Waals surface area contributed by atoms with E-state index in [-0.39, 0.29) is 33.6 Å². The summed E-state index contributed by atoms with van der Waals surface area (Å²) < 4.78 is 9.38. The Morgan fingerprint density at radius 1 is 0.381 bits per heavy atom. The summed E-state index contributed by atoms with van der Waals surface area (Å²) >= 11 is 0. The van der Waals surface area contributed by atoms with Gasteiger partial charge in [-0.15, -0.1) is 0 Å². The van der Waals surface area contributed by atoms with E-state index in [0.29, 0.717) is 65.4 Å². The second-order valence-electron chi connectivity index (χ2n) is 21.9. The van der Waals surface area contributed by atoms with E-state index < -0.39 is 12.1 Å². The predicted octanol–water partition coefficient (Wildman–Crippen LogP) is 12.7. The molecule has 0 unspecified atom stereocenters. The van der Waals surface area contributed by atoms with Crippen LogP contribution in [0.1, 0.15) is 74.7 Å². The third kappa shape index (κ3) is 14.7. The number of nitrogens with zero attached hydrogens (tertiary/aromatic N) is 10. The number of hydrogen-bond donors (Lipinski definition) is 2. The van der Waals surface area contributed by atoms with Gasteiger partial charge in [-0.1, -0.05) is 168 Å². The van der Waals surface area contributed by atoms with E-state index in [1.807, 2.05) is 0 Å². The molecule has 4 heterocycles. The van der Waals surface area contributed by atoms with Crippen molar-refractivity contribution in [3.05, 3.63) is 262 Å². The molecule has 4 aromatic heterocycles. The second-order valence-corrected chi connectivity index (χ2v) is 21.9. The van der Waals surface area contributed by atoms with Crippen molar-refractivity contribution in [1.29, 1.82) is 0 Å². The fraction of sp³-hybridized carbons (Fsp3) is 0.232. The number of aliphatic carboxylic acids is 1. The number of aliphatic hydroxyl groups excluding tert-OH is 1. The van der Waals surface area contributed by atoms with Crippen LogP contribution in [0, 0.1) is 27.7 Å². The Morgan fingerprint density at radius 2 is 0.583 bits per heavy atom. The summed E-state index contributed by atoms with van der Waals surface area (Å²) in [6.45, 7) is 14.8. The van der Waals surface area contributed by atoms with Gasteiger partial charge in [-0.05, 0) is 98.5 Å². The van der Waals surface area contributed by atoms with Gasteiger partial charge in [0.15, 0.2) is 0 Å². The molecule has 2 radical (unpaired) electrons. The topological polar surface area (TPSA) is 135 Å². The second kappa shape index (κ2) is 27.6. The number of carboxylic acid groups (broad SMARTS) is 1. The van der Waals surface area contributed by atoms with Gasteiger partial charge < -0.3 is 28.5 Å². The molecule has 0 aliphatic heterocycles. The first kappa shape index (κ1) is 60.6. The molecule has 0 saturated heterocycles. The number of aryl methyl sites for hydroxylation is 4. The zero-order valence-electron chi connectivity index (χ0n) is 48.1. The number of fused-ring (bicyclic) bond motifs is 4. The Kier molecular flexibility index (Phi) is 19.9. The average Bonchev–Trinajstić information content (AvgIpc) is 4.31. The SMILES string of the molecule is CC(=O)O.Cc1ccc(Cn2c(CN(Cc3nc4ccccc4n3Cc3ccc(C)cc3)CC(O)CN(Cc3nc4ccccc4n3Cc3ccc(C)cc3)Cc3nc4ccccc4n3Cc3ccc(C)cc3)nc3ccccc32)cc1.[Co].[Co]. The number of aliphatic hydroxyl groups is 1. The normalized spacial score (nSPS) is 11.4. The number of imidazole rings is 4. The Bertz CT molecular complexity index is 3610. The molecule has 432 valence electrons. The van der Waals surface area contributed by atoms with Crippen LogP contribution in [0.25, 0.3) is 44.1 Å². The molecule has 84 heavy (non-hydrogen) atoms. The third-order valence-electron chi connectivity index (χ3n) is 15.2. The summed E-state index contributed by atoms with van der Waals surface area (Å²) in [5, 5.41) is 20.4. The van der Waals surface area contributed by atoms with E-state index >= 15 is 0 Å². The van der Waals surface area contributed by atoms with Crippen molar-refractivity contribution in [3.8, 4) is 0 Å².